The van der Waals surface area contributed by atoms with Crippen LogP contribution in [0.3, 0.4) is 0 Å². The van der Waals surface area contributed by atoms with Gasteiger partial charge < -0.3 is 14.8 Å². The van der Waals surface area contributed by atoms with Crippen molar-refractivity contribution in [1.82, 2.24) is 5.32 Å². The summed E-state index contributed by atoms with van der Waals surface area (Å²) in [5.41, 5.74) is 0.503. The van der Waals surface area contributed by atoms with E-state index >= 15 is 0 Å². The molecule has 0 saturated heterocycles. The van der Waals surface area contributed by atoms with Crippen LogP contribution in [0.15, 0.2) is 66.7 Å². The van der Waals surface area contributed by atoms with Crippen molar-refractivity contribution in [3.05, 3.63) is 88.4 Å². The van der Waals surface area contributed by atoms with Gasteiger partial charge in [-0.05, 0) is 41.5 Å². The van der Waals surface area contributed by atoms with E-state index in [9.17, 15) is 18.0 Å². The van der Waals surface area contributed by atoms with Gasteiger partial charge >= 0.3 is 6.18 Å². The van der Waals surface area contributed by atoms with Crippen LogP contribution in [0.1, 0.15) is 22.7 Å². The zero-order valence-corrected chi connectivity index (χ0v) is 17.3. The van der Waals surface area contributed by atoms with Gasteiger partial charge in [0.05, 0.1) is 10.6 Å². The van der Waals surface area contributed by atoms with E-state index in [0.717, 1.165) is 17.7 Å². The van der Waals surface area contributed by atoms with Gasteiger partial charge in [-0.15, -0.1) is 0 Å². The molecule has 2 N–H and O–H groups in total. The Hall–Kier alpha value is -3.23. The fourth-order valence-electron chi connectivity index (χ4n) is 3.31. The number of hydrogen-bond donors (Lipinski definition) is 2. The maximum atomic E-state index is 13.2. The Morgan fingerprint density at radius 1 is 1.00 bits per heavy atom. The number of halogens is 4. The van der Waals surface area contributed by atoms with E-state index in [2.05, 4.69) is 10.6 Å². The van der Waals surface area contributed by atoms with E-state index in [0.29, 0.717) is 23.6 Å². The number of hydrogen-bond acceptors (Lipinski definition) is 4. The summed E-state index contributed by atoms with van der Waals surface area (Å²) < 4.78 is 50.2. The van der Waals surface area contributed by atoms with Crippen LogP contribution in [0.2, 0.25) is 5.02 Å². The topological polar surface area (TPSA) is 59.6 Å². The number of benzene rings is 3. The highest BCUT2D eigenvalue weighted by molar-refractivity contribution is 6.31. The van der Waals surface area contributed by atoms with E-state index in [4.69, 9.17) is 21.1 Å². The molecular weight excluding hydrogens is 445 g/mol. The van der Waals surface area contributed by atoms with Crippen molar-refractivity contribution in [3.8, 4) is 11.5 Å². The van der Waals surface area contributed by atoms with Gasteiger partial charge in [0, 0.05) is 12.2 Å². The Morgan fingerprint density at radius 3 is 2.50 bits per heavy atom. The summed E-state index contributed by atoms with van der Waals surface area (Å²) in [6.07, 6.45) is -4.63. The van der Waals surface area contributed by atoms with Crippen LogP contribution in [-0.2, 0) is 17.5 Å². The van der Waals surface area contributed by atoms with Gasteiger partial charge in [0.25, 0.3) is 0 Å². The largest absolute Gasteiger partial charge is 0.454 e. The number of ether oxygens (including phenoxy) is 2. The van der Waals surface area contributed by atoms with Gasteiger partial charge in [0.15, 0.2) is 11.5 Å². The number of anilines is 1. The Kier molecular flexibility index (Phi) is 6.25. The molecule has 3 aromatic carbocycles. The molecule has 166 valence electrons. The summed E-state index contributed by atoms with van der Waals surface area (Å²) >= 11 is 5.67. The van der Waals surface area contributed by atoms with E-state index in [1.807, 2.05) is 18.2 Å². The van der Waals surface area contributed by atoms with Crippen molar-refractivity contribution in [2.45, 2.75) is 18.8 Å². The van der Waals surface area contributed by atoms with E-state index in [1.54, 1.807) is 30.3 Å². The molecule has 4 rings (SSSR count). The molecule has 0 radical (unpaired) electrons. The fraction of sp³-hybridized carbons (Fsp3) is 0.174. The van der Waals surface area contributed by atoms with E-state index < -0.39 is 28.7 Å². The lowest BCUT2D eigenvalue weighted by Gasteiger charge is -2.20. The van der Waals surface area contributed by atoms with Crippen LogP contribution in [-0.4, -0.2) is 12.7 Å². The van der Waals surface area contributed by atoms with Gasteiger partial charge in [-0.2, -0.15) is 13.2 Å². The highest BCUT2D eigenvalue weighted by atomic mass is 35.5. The molecule has 0 fully saturated rings. The minimum atomic E-state index is -4.63. The van der Waals surface area contributed by atoms with Crippen molar-refractivity contribution < 1.29 is 27.4 Å². The molecule has 0 aromatic heterocycles. The first-order valence-corrected chi connectivity index (χ1v) is 10.0. The summed E-state index contributed by atoms with van der Waals surface area (Å²) in [6, 6.07) is 16.8. The van der Waals surface area contributed by atoms with Crippen molar-refractivity contribution in [3.63, 3.8) is 0 Å². The third-order valence-corrected chi connectivity index (χ3v) is 5.21. The number of carbonyl (C=O) groups excluding carboxylic acids is 1. The van der Waals surface area contributed by atoms with Gasteiger partial charge in [0.2, 0.25) is 12.7 Å². The highest BCUT2D eigenvalue weighted by Crippen LogP contribution is 2.36. The molecule has 0 saturated carbocycles. The van der Waals surface area contributed by atoms with Crippen LogP contribution in [0, 0.1) is 0 Å². The van der Waals surface area contributed by atoms with E-state index in [1.165, 1.54) is 6.07 Å². The molecule has 1 amide bonds. The molecule has 5 nitrogen and oxygen atoms in total. The molecule has 3 aromatic rings. The second-order valence-corrected chi connectivity index (χ2v) is 7.50. The summed E-state index contributed by atoms with van der Waals surface area (Å²) in [5.74, 6) is 0.757. The Labute approximate surface area is 187 Å². The third-order valence-electron chi connectivity index (χ3n) is 4.88. The molecule has 0 unspecified atom stereocenters. The molecule has 0 spiro atoms. The molecule has 0 bridgehead atoms. The molecule has 1 atom stereocenters. The van der Waals surface area contributed by atoms with Crippen LogP contribution in [0.25, 0.3) is 0 Å². The van der Waals surface area contributed by atoms with Gasteiger partial charge in [-0.1, -0.05) is 48.0 Å². The van der Waals surface area contributed by atoms with Crippen molar-refractivity contribution >= 4 is 23.2 Å². The Bertz CT molecular complexity index is 1120. The van der Waals surface area contributed by atoms with Crippen molar-refractivity contribution in [2.24, 2.45) is 0 Å². The summed E-state index contributed by atoms with van der Waals surface area (Å²) in [6.45, 7) is 0.473. The van der Waals surface area contributed by atoms with Gasteiger partial charge in [0.1, 0.15) is 6.04 Å². The quantitative estimate of drug-likeness (QED) is 0.503. The predicted molar refractivity (Wildman–Crippen MR) is 114 cm³/mol. The van der Waals surface area contributed by atoms with Crippen LogP contribution < -0.4 is 20.1 Å². The number of amides is 1. The molecule has 9 heteroatoms. The first-order valence-electron chi connectivity index (χ1n) is 9.66. The second kappa shape index (κ2) is 9.10. The minimum Gasteiger partial charge on any atom is -0.454 e. The Morgan fingerprint density at radius 2 is 1.75 bits per heavy atom. The van der Waals surface area contributed by atoms with Gasteiger partial charge in [-0.3, -0.25) is 10.1 Å². The maximum absolute atomic E-state index is 13.2. The van der Waals surface area contributed by atoms with Crippen molar-refractivity contribution in [1.29, 1.82) is 0 Å². The molecular formula is C23H18ClF3N2O3. The van der Waals surface area contributed by atoms with Crippen LogP contribution >= 0.6 is 11.6 Å². The lowest BCUT2D eigenvalue weighted by atomic mass is 10.0. The molecule has 1 heterocycles. The summed E-state index contributed by atoms with van der Waals surface area (Å²) in [7, 11) is 0. The third kappa shape index (κ3) is 4.98. The molecule has 1 aliphatic heterocycles. The lowest BCUT2D eigenvalue weighted by molar-refractivity contribution is -0.137. The van der Waals surface area contributed by atoms with Crippen LogP contribution in [0.5, 0.6) is 11.5 Å². The summed E-state index contributed by atoms with van der Waals surface area (Å²) in [5, 5.41) is 5.28. The number of carbonyl (C=O) groups is 1. The van der Waals surface area contributed by atoms with Gasteiger partial charge in [-0.25, -0.2) is 0 Å². The second-order valence-electron chi connectivity index (χ2n) is 7.09. The zero-order chi connectivity index (χ0) is 22.7. The average Bonchev–Trinajstić information content (AvgIpc) is 3.23. The first-order chi connectivity index (χ1) is 15.3. The standard InChI is InChI=1S/C23H18ClF3N2O3/c24-18-8-7-16(11-17(18)23(25,26)27)29-22(30)21(15-4-2-1-3-5-15)28-12-14-6-9-19-20(10-14)32-13-31-19/h1-11,21,28H,12-13H2,(H,29,30)/t21-/m0/s1. The number of nitrogens with one attached hydrogen (secondary N) is 2. The summed E-state index contributed by atoms with van der Waals surface area (Å²) in [4.78, 5) is 13.0. The highest BCUT2D eigenvalue weighted by Gasteiger charge is 2.33. The molecule has 32 heavy (non-hydrogen) atoms. The number of rotatable bonds is 6. The zero-order valence-electron chi connectivity index (χ0n) is 16.6. The van der Waals surface area contributed by atoms with E-state index in [-0.39, 0.29) is 12.5 Å². The minimum absolute atomic E-state index is 0.00228. The monoisotopic (exact) mass is 462 g/mol. The molecule has 1 aliphatic rings. The van der Waals surface area contributed by atoms with Crippen molar-refractivity contribution in [2.75, 3.05) is 12.1 Å². The number of alkyl halides is 3. The predicted octanol–water partition coefficient (Wildman–Crippen LogP) is 5.56. The maximum Gasteiger partial charge on any atom is 0.417 e. The first kappa shape index (κ1) is 22.0. The van der Waals surface area contributed by atoms with Crippen LogP contribution in [0.4, 0.5) is 18.9 Å². The molecule has 0 aliphatic carbocycles. The lowest BCUT2D eigenvalue weighted by Crippen LogP contribution is -2.32. The SMILES string of the molecule is O=C(Nc1ccc(Cl)c(C(F)(F)F)c1)[C@@H](NCc1ccc2c(c1)OCO2)c1ccccc1. The number of fused-ring (bicyclic) bond motifs is 1. The fourth-order valence-corrected chi connectivity index (χ4v) is 3.54. The normalized spacial score (nSPS) is 13.6. The smallest absolute Gasteiger partial charge is 0.417 e. The average molecular weight is 463 g/mol. The Balaban J connectivity index is 1.54.